The monoisotopic (exact) mass is 182 g/mol. The van der Waals surface area contributed by atoms with E-state index in [2.05, 4.69) is 28.6 Å². The number of hydrogen-bond acceptors (Lipinski definition) is 3. The highest BCUT2D eigenvalue weighted by Crippen LogP contribution is 2.10. The number of esters is 1. The van der Waals surface area contributed by atoms with Crippen molar-refractivity contribution in [3.8, 4) is 0 Å². The van der Waals surface area contributed by atoms with Crippen LogP contribution < -0.4 is 0 Å². The number of nitrogens with one attached hydrogen (secondary N) is 1. The zero-order chi connectivity index (χ0) is 9.84. The van der Waals surface area contributed by atoms with Crippen LogP contribution in [0, 0.1) is 0 Å². The second-order valence-electron chi connectivity index (χ2n) is 3.19. The Morgan fingerprint density at radius 3 is 2.85 bits per heavy atom. The van der Waals surface area contributed by atoms with Crippen molar-refractivity contribution in [1.29, 1.82) is 0 Å². The van der Waals surface area contributed by atoms with Crippen LogP contribution in [0.5, 0.6) is 0 Å². The van der Waals surface area contributed by atoms with E-state index in [0.717, 1.165) is 5.69 Å². The van der Waals surface area contributed by atoms with Crippen LogP contribution >= 0.6 is 0 Å². The lowest BCUT2D eigenvalue weighted by Gasteiger charge is -1.98. The van der Waals surface area contributed by atoms with E-state index >= 15 is 0 Å². The van der Waals surface area contributed by atoms with Crippen molar-refractivity contribution in [2.45, 2.75) is 26.2 Å². The molecule has 0 saturated heterocycles. The van der Waals surface area contributed by atoms with Crippen molar-refractivity contribution in [2.75, 3.05) is 7.11 Å². The Kier molecular flexibility index (Phi) is 3.06. The molecule has 13 heavy (non-hydrogen) atoms. The molecule has 1 aromatic rings. The third-order valence-corrected chi connectivity index (χ3v) is 1.81. The van der Waals surface area contributed by atoms with Gasteiger partial charge in [-0.25, -0.2) is 4.98 Å². The smallest absolute Gasteiger partial charge is 0.313 e. The molecule has 0 saturated carbocycles. The van der Waals surface area contributed by atoms with E-state index in [9.17, 15) is 4.79 Å². The molecule has 72 valence electrons. The summed E-state index contributed by atoms with van der Waals surface area (Å²) in [6, 6.07) is 0. The molecule has 4 heteroatoms. The molecule has 0 aliphatic carbocycles. The standard InChI is InChI=1S/C9H14N2O2/c1-6(2)7-5-10-8(11-7)4-9(12)13-3/h5-6H,4H2,1-3H3,(H,10,11). The summed E-state index contributed by atoms with van der Waals surface area (Å²) in [5.74, 6) is 0.791. The number of aromatic amines is 1. The number of imidazole rings is 1. The first-order chi connectivity index (χ1) is 6.13. The van der Waals surface area contributed by atoms with Crippen LogP contribution in [0.2, 0.25) is 0 Å². The van der Waals surface area contributed by atoms with Gasteiger partial charge in [0.1, 0.15) is 12.2 Å². The summed E-state index contributed by atoms with van der Waals surface area (Å²) in [6.07, 6.45) is 1.96. The molecule has 1 aromatic heterocycles. The molecule has 0 unspecified atom stereocenters. The maximum atomic E-state index is 10.9. The van der Waals surface area contributed by atoms with E-state index in [1.54, 1.807) is 6.20 Å². The lowest BCUT2D eigenvalue weighted by atomic mass is 10.2. The van der Waals surface area contributed by atoms with Gasteiger partial charge in [0.25, 0.3) is 0 Å². The van der Waals surface area contributed by atoms with Crippen LogP contribution in [0.3, 0.4) is 0 Å². The number of nitrogens with zero attached hydrogens (tertiary/aromatic N) is 1. The molecule has 0 radical (unpaired) electrons. The normalized spacial score (nSPS) is 10.5. The molecule has 0 aliphatic heterocycles. The minimum absolute atomic E-state index is 0.212. The average molecular weight is 182 g/mol. The van der Waals surface area contributed by atoms with Crippen LogP contribution in [0.4, 0.5) is 0 Å². The fraction of sp³-hybridized carbons (Fsp3) is 0.556. The van der Waals surface area contributed by atoms with Crippen LogP contribution in [-0.2, 0) is 16.0 Å². The Bertz CT molecular complexity index is 292. The first kappa shape index (κ1) is 9.77. The Morgan fingerprint density at radius 2 is 2.38 bits per heavy atom. The van der Waals surface area contributed by atoms with Crippen molar-refractivity contribution in [2.24, 2.45) is 0 Å². The van der Waals surface area contributed by atoms with E-state index < -0.39 is 0 Å². The zero-order valence-electron chi connectivity index (χ0n) is 8.13. The molecule has 0 bridgehead atoms. The lowest BCUT2D eigenvalue weighted by Crippen LogP contribution is -2.05. The van der Waals surface area contributed by atoms with E-state index in [0.29, 0.717) is 11.7 Å². The van der Waals surface area contributed by atoms with Gasteiger partial charge in [-0.2, -0.15) is 0 Å². The summed E-state index contributed by atoms with van der Waals surface area (Å²) in [6.45, 7) is 4.13. The molecule has 4 nitrogen and oxygen atoms in total. The second-order valence-corrected chi connectivity index (χ2v) is 3.19. The number of carbonyl (C=O) groups is 1. The van der Waals surface area contributed by atoms with Crippen LogP contribution in [0.25, 0.3) is 0 Å². The van der Waals surface area contributed by atoms with Gasteiger partial charge in [0, 0.05) is 11.9 Å². The number of H-pyrrole nitrogens is 1. The molecule has 0 aromatic carbocycles. The molecular weight excluding hydrogens is 168 g/mol. The predicted molar refractivity (Wildman–Crippen MR) is 48.4 cm³/mol. The minimum Gasteiger partial charge on any atom is -0.469 e. The Labute approximate surface area is 77.3 Å². The quantitative estimate of drug-likeness (QED) is 0.716. The Morgan fingerprint density at radius 1 is 1.69 bits per heavy atom. The third-order valence-electron chi connectivity index (χ3n) is 1.81. The Balaban J connectivity index is 2.64. The van der Waals surface area contributed by atoms with Gasteiger partial charge in [0.05, 0.1) is 7.11 Å². The number of rotatable bonds is 3. The van der Waals surface area contributed by atoms with Gasteiger partial charge in [-0.15, -0.1) is 0 Å². The van der Waals surface area contributed by atoms with Crippen molar-refractivity contribution >= 4 is 5.97 Å². The molecule has 0 aliphatic rings. The van der Waals surface area contributed by atoms with Crippen LogP contribution in [0.15, 0.2) is 6.20 Å². The number of ether oxygens (including phenoxy) is 1. The summed E-state index contributed by atoms with van der Waals surface area (Å²) in [5, 5.41) is 0. The predicted octanol–water partition coefficient (Wildman–Crippen LogP) is 1.25. The summed E-state index contributed by atoms with van der Waals surface area (Å²) >= 11 is 0. The third kappa shape index (κ3) is 2.57. The van der Waals surface area contributed by atoms with E-state index in [4.69, 9.17) is 0 Å². The fourth-order valence-electron chi connectivity index (χ4n) is 0.971. The van der Waals surface area contributed by atoms with Gasteiger partial charge in [0.15, 0.2) is 0 Å². The second kappa shape index (κ2) is 4.07. The van der Waals surface area contributed by atoms with E-state index in [1.165, 1.54) is 7.11 Å². The van der Waals surface area contributed by atoms with Gasteiger partial charge in [-0.05, 0) is 5.92 Å². The number of aromatic nitrogens is 2. The first-order valence-corrected chi connectivity index (χ1v) is 4.24. The SMILES string of the molecule is COC(=O)Cc1ncc(C(C)C)[nH]1. The highest BCUT2D eigenvalue weighted by atomic mass is 16.5. The van der Waals surface area contributed by atoms with Gasteiger partial charge in [0.2, 0.25) is 0 Å². The summed E-state index contributed by atoms with van der Waals surface area (Å²) in [5.41, 5.74) is 1.04. The molecular formula is C9H14N2O2. The molecule has 0 atom stereocenters. The average Bonchev–Trinajstić information content (AvgIpc) is 2.52. The maximum absolute atomic E-state index is 10.9. The molecule has 1 N–H and O–H groups in total. The topological polar surface area (TPSA) is 55.0 Å². The van der Waals surface area contributed by atoms with Gasteiger partial charge >= 0.3 is 5.97 Å². The van der Waals surface area contributed by atoms with Crippen molar-refractivity contribution in [1.82, 2.24) is 9.97 Å². The van der Waals surface area contributed by atoms with Gasteiger partial charge in [-0.3, -0.25) is 4.79 Å². The first-order valence-electron chi connectivity index (χ1n) is 4.24. The van der Waals surface area contributed by atoms with E-state index in [-0.39, 0.29) is 12.4 Å². The molecule has 0 spiro atoms. The van der Waals surface area contributed by atoms with Gasteiger partial charge in [-0.1, -0.05) is 13.8 Å². The van der Waals surface area contributed by atoms with Crippen LogP contribution in [0.1, 0.15) is 31.3 Å². The van der Waals surface area contributed by atoms with Crippen molar-refractivity contribution in [3.05, 3.63) is 17.7 Å². The van der Waals surface area contributed by atoms with Crippen molar-refractivity contribution < 1.29 is 9.53 Å². The largest absolute Gasteiger partial charge is 0.469 e. The van der Waals surface area contributed by atoms with E-state index in [1.807, 2.05) is 0 Å². The highest BCUT2D eigenvalue weighted by molar-refractivity contribution is 5.71. The zero-order valence-corrected chi connectivity index (χ0v) is 8.13. The summed E-state index contributed by atoms with van der Waals surface area (Å²) in [7, 11) is 1.37. The minimum atomic E-state index is -0.273. The maximum Gasteiger partial charge on any atom is 0.313 e. The van der Waals surface area contributed by atoms with Crippen LogP contribution in [-0.4, -0.2) is 23.0 Å². The number of hydrogen-bond donors (Lipinski definition) is 1. The lowest BCUT2D eigenvalue weighted by molar-refractivity contribution is -0.139. The van der Waals surface area contributed by atoms with Gasteiger partial charge < -0.3 is 9.72 Å². The highest BCUT2D eigenvalue weighted by Gasteiger charge is 2.08. The molecule has 0 fully saturated rings. The molecule has 1 rings (SSSR count). The Hall–Kier alpha value is -1.32. The van der Waals surface area contributed by atoms with Crippen molar-refractivity contribution in [3.63, 3.8) is 0 Å². The summed E-state index contributed by atoms with van der Waals surface area (Å²) < 4.78 is 4.52. The molecule has 0 amide bonds. The number of carbonyl (C=O) groups excluding carboxylic acids is 1. The summed E-state index contributed by atoms with van der Waals surface area (Å²) in [4.78, 5) is 18.0. The molecule has 1 heterocycles. The fourth-order valence-corrected chi connectivity index (χ4v) is 0.971. The number of methoxy groups -OCH3 is 1.